The van der Waals surface area contributed by atoms with Crippen LogP contribution in [0.3, 0.4) is 0 Å². The third kappa shape index (κ3) is 4.20. The van der Waals surface area contributed by atoms with Gasteiger partial charge < -0.3 is 4.74 Å². The molecule has 1 aromatic carbocycles. The Labute approximate surface area is 189 Å². The molecule has 0 bridgehead atoms. The second-order valence-electron chi connectivity index (χ2n) is 8.45. The van der Waals surface area contributed by atoms with Gasteiger partial charge in [0.15, 0.2) is 23.0 Å². The molecule has 8 heteroatoms. The van der Waals surface area contributed by atoms with Gasteiger partial charge in [-0.2, -0.15) is 0 Å². The molecule has 0 amide bonds. The van der Waals surface area contributed by atoms with E-state index in [2.05, 4.69) is 15.0 Å². The fourth-order valence-electron chi connectivity index (χ4n) is 3.87. The Bertz CT molecular complexity index is 1360. The average Bonchev–Trinajstić information content (AvgIpc) is 3.53. The molecular weight excluding hydrogens is 426 g/mol. The number of hydrogen-bond donors (Lipinski definition) is 0. The number of halogens is 2. The first kappa shape index (κ1) is 21.2. The lowest BCUT2D eigenvalue weighted by molar-refractivity contribution is 0.0971. The summed E-state index contributed by atoms with van der Waals surface area (Å²) in [6.45, 7) is 3.42. The van der Waals surface area contributed by atoms with E-state index in [0.717, 1.165) is 18.4 Å². The van der Waals surface area contributed by atoms with Crippen molar-refractivity contribution < 1.29 is 18.3 Å². The third-order valence-corrected chi connectivity index (χ3v) is 5.76. The highest BCUT2D eigenvalue weighted by atomic mass is 19.1. The van der Waals surface area contributed by atoms with Crippen LogP contribution in [-0.4, -0.2) is 25.1 Å². The van der Waals surface area contributed by atoms with Crippen LogP contribution < -0.4 is 4.74 Å². The van der Waals surface area contributed by atoms with Crippen molar-refractivity contribution in [3.05, 3.63) is 76.9 Å². The topological polar surface area (TPSA) is 69.4 Å². The van der Waals surface area contributed by atoms with Crippen molar-refractivity contribution in [2.24, 2.45) is 5.92 Å². The van der Waals surface area contributed by atoms with Crippen molar-refractivity contribution in [2.45, 2.75) is 39.7 Å². The van der Waals surface area contributed by atoms with Crippen LogP contribution in [0.15, 0.2) is 42.7 Å². The Hall–Kier alpha value is -3.68. The molecule has 1 aliphatic rings. The van der Waals surface area contributed by atoms with E-state index in [0.29, 0.717) is 46.6 Å². The van der Waals surface area contributed by atoms with Gasteiger partial charge in [-0.3, -0.25) is 9.20 Å². The number of hydrogen-bond acceptors (Lipinski definition) is 5. The maximum Gasteiger partial charge on any atom is 0.181 e. The minimum Gasteiger partial charge on any atom is -0.485 e. The number of aryl methyl sites for hydroxylation is 2. The van der Waals surface area contributed by atoms with Crippen LogP contribution in [0, 0.1) is 31.4 Å². The van der Waals surface area contributed by atoms with Crippen LogP contribution in [0.5, 0.6) is 5.75 Å². The van der Waals surface area contributed by atoms with Crippen LogP contribution in [0.25, 0.3) is 17.2 Å². The molecule has 6 nitrogen and oxygen atoms in total. The largest absolute Gasteiger partial charge is 0.485 e. The molecular formula is C25H22F2N4O2. The minimum atomic E-state index is -0.667. The van der Waals surface area contributed by atoms with Crippen molar-refractivity contribution in [1.29, 1.82) is 0 Å². The van der Waals surface area contributed by atoms with Gasteiger partial charge in [-0.1, -0.05) is 6.07 Å². The first-order chi connectivity index (χ1) is 15.9. The number of ketones is 1. The number of ether oxygens (including phenoxy) is 1. The number of carbonyl (C=O) groups is 1. The van der Waals surface area contributed by atoms with Gasteiger partial charge in [0, 0.05) is 18.8 Å². The number of nitrogens with zero attached hydrogens (tertiary/aromatic N) is 4. The van der Waals surface area contributed by atoms with Crippen molar-refractivity contribution in [3.8, 4) is 17.3 Å². The smallest absolute Gasteiger partial charge is 0.181 e. The Morgan fingerprint density at radius 3 is 2.64 bits per heavy atom. The molecule has 4 aromatic rings. The highest BCUT2D eigenvalue weighted by Gasteiger charge is 2.26. The van der Waals surface area contributed by atoms with Gasteiger partial charge in [-0.25, -0.2) is 23.7 Å². The zero-order valence-electron chi connectivity index (χ0n) is 18.3. The standard InChI is InChI=1S/C25H22F2N4O2/c1-14-10-22(33-13-17-18(26)4-3-5-19(17)27)25-29-15(2)23(31(25)12-14)24-28-9-8-20(30-24)21(32)11-16-6-7-16/h3-5,8-10,12,16H,6-7,11,13H2,1-2H3. The molecule has 0 atom stereocenters. The number of benzene rings is 1. The summed E-state index contributed by atoms with van der Waals surface area (Å²) < 4.78 is 35.7. The van der Waals surface area contributed by atoms with Gasteiger partial charge in [-0.05, 0) is 62.4 Å². The molecule has 3 heterocycles. The minimum absolute atomic E-state index is 0.0136. The van der Waals surface area contributed by atoms with Crippen molar-refractivity contribution in [1.82, 2.24) is 19.4 Å². The molecule has 0 unspecified atom stereocenters. The SMILES string of the molecule is Cc1cc(OCc2c(F)cccc2F)c2nc(C)c(-c3nccc(C(=O)CC4CC4)n3)n2c1. The van der Waals surface area contributed by atoms with E-state index in [-0.39, 0.29) is 18.0 Å². The molecule has 1 fully saturated rings. The summed E-state index contributed by atoms with van der Waals surface area (Å²) in [7, 11) is 0. The fraction of sp³-hybridized carbons (Fsp3) is 0.280. The molecule has 0 saturated heterocycles. The summed E-state index contributed by atoms with van der Waals surface area (Å²) in [5, 5.41) is 0. The zero-order valence-corrected chi connectivity index (χ0v) is 18.3. The predicted molar refractivity (Wildman–Crippen MR) is 118 cm³/mol. The summed E-state index contributed by atoms with van der Waals surface area (Å²) in [5.74, 6) is -0.0823. The molecule has 1 saturated carbocycles. The Balaban J connectivity index is 1.52. The number of rotatable bonds is 7. The van der Waals surface area contributed by atoms with E-state index in [1.165, 1.54) is 18.2 Å². The van der Waals surface area contributed by atoms with Crippen LogP contribution in [0.1, 0.15) is 46.6 Å². The molecule has 168 valence electrons. The maximum absolute atomic E-state index is 14.0. The van der Waals surface area contributed by atoms with Gasteiger partial charge in [0.05, 0.1) is 11.3 Å². The molecule has 0 N–H and O–H groups in total. The number of pyridine rings is 1. The number of aromatic nitrogens is 4. The summed E-state index contributed by atoms with van der Waals surface area (Å²) in [5.41, 5.74) is 2.85. The van der Waals surface area contributed by atoms with Crippen molar-refractivity contribution >= 4 is 11.4 Å². The van der Waals surface area contributed by atoms with Crippen LogP contribution in [-0.2, 0) is 6.61 Å². The zero-order chi connectivity index (χ0) is 23.1. The maximum atomic E-state index is 14.0. The summed E-state index contributed by atoms with van der Waals surface area (Å²) in [6.07, 6.45) is 6.13. The summed E-state index contributed by atoms with van der Waals surface area (Å²) in [4.78, 5) is 26.1. The fourth-order valence-corrected chi connectivity index (χ4v) is 3.87. The monoisotopic (exact) mass is 448 g/mol. The lowest BCUT2D eigenvalue weighted by Crippen LogP contribution is -2.06. The molecule has 1 aliphatic carbocycles. The van der Waals surface area contributed by atoms with Crippen LogP contribution >= 0.6 is 0 Å². The second-order valence-corrected chi connectivity index (χ2v) is 8.45. The normalized spacial score (nSPS) is 13.5. The second kappa shape index (κ2) is 8.35. The molecule has 0 radical (unpaired) electrons. The van der Waals surface area contributed by atoms with Crippen molar-refractivity contribution in [2.75, 3.05) is 0 Å². The van der Waals surface area contributed by atoms with E-state index in [1.54, 1.807) is 22.7 Å². The van der Waals surface area contributed by atoms with E-state index < -0.39 is 11.6 Å². The van der Waals surface area contributed by atoms with E-state index in [9.17, 15) is 13.6 Å². The molecule has 33 heavy (non-hydrogen) atoms. The Morgan fingerprint density at radius 2 is 1.91 bits per heavy atom. The number of imidazole rings is 1. The lowest BCUT2D eigenvalue weighted by atomic mass is 10.1. The summed E-state index contributed by atoms with van der Waals surface area (Å²) in [6, 6.07) is 7.10. The molecule has 0 aliphatic heterocycles. The highest BCUT2D eigenvalue weighted by Crippen LogP contribution is 2.34. The Morgan fingerprint density at radius 1 is 1.15 bits per heavy atom. The average molecular weight is 448 g/mol. The first-order valence-electron chi connectivity index (χ1n) is 10.8. The van der Waals surface area contributed by atoms with Crippen molar-refractivity contribution in [3.63, 3.8) is 0 Å². The van der Waals surface area contributed by atoms with Gasteiger partial charge in [0.25, 0.3) is 0 Å². The summed E-state index contributed by atoms with van der Waals surface area (Å²) >= 11 is 0. The third-order valence-electron chi connectivity index (χ3n) is 5.76. The number of fused-ring (bicyclic) bond motifs is 1. The van der Waals surface area contributed by atoms with Gasteiger partial charge in [0.2, 0.25) is 0 Å². The molecule has 5 rings (SSSR count). The van der Waals surface area contributed by atoms with Gasteiger partial charge >= 0.3 is 0 Å². The molecule has 3 aromatic heterocycles. The molecule has 0 spiro atoms. The first-order valence-corrected chi connectivity index (χ1v) is 10.8. The van der Waals surface area contributed by atoms with E-state index >= 15 is 0 Å². The number of carbonyl (C=O) groups excluding carboxylic acids is 1. The van der Waals surface area contributed by atoms with Crippen LogP contribution in [0.4, 0.5) is 8.78 Å². The quantitative estimate of drug-likeness (QED) is 0.361. The van der Waals surface area contributed by atoms with E-state index in [1.807, 2.05) is 20.0 Å². The highest BCUT2D eigenvalue weighted by molar-refractivity contribution is 5.94. The van der Waals surface area contributed by atoms with Gasteiger partial charge in [-0.15, -0.1) is 0 Å². The van der Waals surface area contributed by atoms with Crippen LogP contribution in [0.2, 0.25) is 0 Å². The van der Waals surface area contributed by atoms with E-state index in [4.69, 9.17) is 4.74 Å². The van der Waals surface area contributed by atoms with Gasteiger partial charge in [0.1, 0.15) is 29.6 Å². The Kier molecular flexibility index (Phi) is 5.36. The lowest BCUT2D eigenvalue weighted by Gasteiger charge is -2.11. The number of Topliss-reactive ketones (excluding diaryl/α,β-unsaturated/α-hetero) is 1. The predicted octanol–water partition coefficient (Wildman–Crippen LogP) is 5.25.